The van der Waals surface area contributed by atoms with Crippen molar-refractivity contribution >= 4 is 23.9 Å². The third-order valence-electron chi connectivity index (χ3n) is 7.26. The Balaban J connectivity index is 2.47. The Morgan fingerprint density at radius 3 is 1.34 bits per heavy atom. The van der Waals surface area contributed by atoms with Crippen LogP contribution in [0, 0.1) is 21.7 Å². The second kappa shape index (κ2) is 15.0. The van der Waals surface area contributed by atoms with Crippen LogP contribution < -0.4 is 0 Å². The van der Waals surface area contributed by atoms with Crippen LogP contribution in [0.2, 0.25) is 0 Å². The molecule has 15 nitrogen and oxygen atoms in total. The summed E-state index contributed by atoms with van der Waals surface area (Å²) in [6.07, 6.45) is -16.8. The van der Waals surface area contributed by atoms with Gasteiger partial charge in [0.05, 0.1) is 21.7 Å². The summed E-state index contributed by atoms with van der Waals surface area (Å²) in [4.78, 5) is 50.6. The fourth-order valence-electron chi connectivity index (χ4n) is 4.14. The van der Waals surface area contributed by atoms with Crippen molar-refractivity contribution in [1.29, 1.82) is 0 Å². The van der Waals surface area contributed by atoms with Gasteiger partial charge in [0.2, 0.25) is 0 Å². The van der Waals surface area contributed by atoms with Crippen molar-refractivity contribution in [2.24, 2.45) is 21.7 Å². The molecule has 272 valence electrons. The molecule has 0 radical (unpaired) electrons. The van der Waals surface area contributed by atoms with E-state index in [1.807, 2.05) is 0 Å². The molecule has 0 aromatic heterocycles. The Bertz CT molecular complexity index is 1110. The highest BCUT2D eigenvalue weighted by molar-refractivity contribution is 5.76. The Kier molecular flexibility index (Phi) is 13.0. The molecule has 10 atom stereocenters. The van der Waals surface area contributed by atoms with E-state index in [1.165, 1.54) is 0 Å². The van der Waals surface area contributed by atoms with E-state index in [0.717, 1.165) is 0 Å². The van der Waals surface area contributed by atoms with Crippen molar-refractivity contribution < 1.29 is 72.8 Å². The maximum Gasteiger partial charge on any atom is 0.311 e. The predicted molar refractivity (Wildman–Crippen MR) is 162 cm³/mol. The van der Waals surface area contributed by atoms with Crippen molar-refractivity contribution in [2.75, 3.05) is 13.2 Å². The normalized spacial score (nSPS) is 32.3. The van der Waals surface area contributed by atoms with Gasteiger partial charge in [-0.15, -0.1) is 0 Å². The van der Waals surface area contributed by atoms with E-state index < -0.39 is 120 Å². The molecule has 47 heavy (non-hydrogen) atoms. The molecule has 4 N–H and O–H groups in total. The summed E-state index contributed by atoms with van der Waals surface area (Å²) in [5.74, 6) is -2.84. The second-order valence-electron chi connectivity index (χ2n) is 16.1. The first-order valence-corrected chi connectivity index (χ1v) is 15.6. The van der Waals surface area contributed by atoms with Gasteiger partial charge in [-0.25, -0.2) is 0 Å². The van der Waals surface area contributed by atoms with Crippen LogP contribution in [0.1, 0.15) is 83.1 Å². The standard InChI is InChI=1S/C32H54O15/c1-29(2,3)25(37)41-13-15-17(33)21(46-27(39)31(7,8)9)19(35)24(44-15)45-20-16(14-42-26(38)30(4,5)6)43-23(36)22(18(20)34)47-28(40)32(10,11)12/h15-24,33-36H,13-14H2,1-12H3/t15-,16-,17+,18+,19-,20-,21+,22-,23-,24+/m1/s1. The van der Waals surface area contributed by atoms with Crippen LogP contribution in [0.4, 0.5) is 0 Å². The van der Waals surface area contributed by atoms with Crippen LogP contribution in [0.15, 0.2) is 0 Å². The molecule has 0 bridgehead atoms. The van der Waals surface area contributed by atoms with Gasteiger partial charge in [0.15, 0.2) is 24.8 Å². The third kappa shape index (κ3) is 10.8. The largest absolute Gasteiger partial charge is 0.462 e. The van der Waals surface area contributed by atoms with E-state index in [9.17, 15) is 39.6 Å². The Hall–Kier alpha value is -2.40. The van der Waals surface area contributed by atoms with Crippen molar-refractivity contribution in [2.45, 2.75) is 144 Å². The lowest BCUT2D eigenvalue weighted by atomic mass is 9.94. The van der Waals surface area contributed by atoms with Gasteiger partial charge in [-0.05, 0) is 83.1 Å². The van der Waals surface area contributed by atoms with Gasteiger partial charge < -0.3 is 53.6 Å². The van der Waals surface area contributed by atoms with Gasteiger partial charge in [-0.1, -0.05) is 0 Å². The van der Waals surface area contributed by atoms with Crippen molar-refractivity contribution in [1.82, 2.24) is 0 Å². The summed E-state index contributed by atoms with van der Waals surface area (Å²) in [7, 11) is 0. The fraction of sp³-hybridized carbons (Fsp3) is 0.875. The van der Waals surface area contributed by atoms with Crippen LogP contribution >= 0.6 is 0 Å². The maximum absolute atomic E-state index is 12.8. The Labute approximate surface area is 276 Å². The van der Waals surface area contributed by atoms with Crippen LogP contribution in [-0.2, 0) is 52.3 Å². The molecule has 2 saturated heterocycles. The smallest absolute Gasteiger partial charge is 0.311 e. The number of esters is 4. The molecule has 0 spiro atoms. The van der Waals surface area contributed by atoms with E-state index in [0.29, 0.717) is 0 Å². The molecule has 0 aromatic rings. The van der Waals surface area contributed by atoms with Gasteiger partial charge in [-0.3, -0.25) is 19.2 Å². The van der Waals surface area contributed by atoms with Crippen molar-refractivity contribution in [3.63, 3.8) is 0 Å². The molecule has 2 aliphatic rings. The number of rotatable bonds is 8. The molecule has 0 aromatic carbocycles. The van der Waals surface area contributed by atoms with Gasteiger partial charge in [0.25, 0.3) is 0 Å². The number of carbonyl (C=O) groups excluding carboxylic acids is 4. The average molecular weight is 679 g/mol. The number of aliphatic hydroxyl groups is 4. The predicted octanol–water partition coefficient (Wildman–Crippen LogP) is 0.991. The number of aliphatic hydroxyl groups excluding tert-OH is 4. The van der Waals surface area contributed by atoms with Gasteiger partial charge in [0, 0.05) is 0 Å². The zero-order valence-electron chi connectivity index (χ0n) is 29.5. The zero-order valence-corrected chi connectivity index (χ0v) is 29.5. The summed E-state index contributed by atoms with van der Waals surface area (Å²) in [5.41, 5.74) is -3.91. The fourth-order valence-corrected chi connectivity index (χ4v) is 4.14. The number of hydrogen-bond donors (Lipinski definition) is 4. The molecular formula is C32H54O15. The van der Waals surface area contributed by atoms with Crippen LogP contribution in [0.3, 0.4) is 0 Å². The first-order chi connectivity index (χ1) is 21.2. The zero-order chi connectivity index (χ0) is 36.4. The van der Waals surface area contributed by atoms with Crippen LogP contribution in [-0.4, -0.2) is 119 Å². The average Bonchev–Trinajstić information content (AvgIpc) is 2.91. The lowest BCUT2D eigenvalue weighted by Gasteiger charge is -2.47. The minimum Gasteiger partial charge on any atom is -0.462 e. The monoisotopic (exact) mass is 678 g/mol. The topological polar surface area (TPSA) is 214 Å². The van der Waals surface area contributed by atoms with Crippen molar-refractivity contribution in [3.05, 3.63) is 0 Å². The molecule has 2 aliphatic heterocycles. The minimum atomic E-state index is -1.88. The molecule has 0 aliphatic carbocycles. The number of carbonyl (C=O) groups is 4. The Morgan fingerprint density at radius 1 is 0.511 bits per heavy atom. The van der Waals surface area contributed by atoms with E-state index in [-0.39, 0.29) is 0 Å². The summed E-state index contributed by atoms with van der Waals surface area (Å²) >= 11 is 0. The lowest BCUT2D eigenvalue weighted by molar-refractivity contribution is -0.357. The second-order valence-corrected chi connectivity index (χ2v) is 16.1. The van der Waals surface area contributed by atoms with Crippen molar-refractivity contribution in [3.8, 4) is 0 Å². The molecular weight excluding hydrogens is 624 g/mol. The summed E-state index contributed by atoms with van der Waals surface area (Å²) in [6.45, 7) is 18.0. The minimum absolute atomic E-state index is 0.533. The molecule has 0 amide bonds. The molecule has 2 rings (SSSR count). The van der Waals surface area contributed by atoms with E-state index in [2.05, 4.69) is 0 Å². The summed E-state index contributed by atoms with van der Waals surface area (Å²) in [6, 6.07) is 0. The van der Waals surface area contributed by atoms with Crippen LogP contribution in [0.25, 0.3) is 0 Å². The van der Waals surface area contributed by atoms with E-state index >= 15 is 0 Å². The van der Waals surface area contributed by atoms with E-state index in [4.69, 9.17) is 33.2 Å². The summed E-state index contributed by atoms with van der Waals surface area (Å²) < 4.78 is 39.0. The number of hydrogen-bond acceptors (Lipinski definition) is 15. The maximum atomic E-state index is 12.8. The quantitative estimate of drug-likeness (QED) is 0.208. The highest BCUT2D eigenvalue weighted by Gasteiger charge is 2.54. The molecule has 0 saturated carbocycles. The lowest BCUT2D eigenvalue weighted by Crippen LogP contribution is -2.66. The first-order valence-electron chi connectivity index (χ1n) is 15.6. The highest BCUT2D eigenvalue weighted by Crippen LogP contribution is 2.33. The highest BCUT2D eigenvalue weighted by atomic mass is 16.7. The third-order valence-corrected chi connectivity index (χ3v) is 7.26. The van der Waals surface area contributed by atoms with Gasteiger partial charge >= 0.3 is 23.9 Å². The molecule has 2 fully saturated rings. The SMILES string of the molecule is CC(C)(C)C(=O)OC[C@H]1O[C@@H](O[C@H]2[C@H](O)[C@@H](OC(=O)C(C)(C)C)[C@H](O)O[C@@H]2COC(=O)C(C)(C)C)[C@H](O)[C@@H](OC(=O)C(C)(C)C)[C@H]1O. The molecule has 2 heterocycles. The summed E-state index contributed by atoms with van der Waals surface area (Å²) in [5, 5.41) is 44.5. The first kappa shape index (κ1) is 40.8. The molecule has 0 unspecified atom stereocenters. The molecule has 15 heteroatoms. The number of ether oxygens (including phenoxy) is 7. The van der Waals surface area contributed by atoms with E-state index in [1.54, 1.807) is 83.1 Å². The van der Waals surface area contributed by atoms with Gasteiger partial charge in [-0.2, -0.15) is 0 Å². The van der Waals surface area contributed by atoms with Gasteiger partial charge in [0.1, 0.15) is 49.8 Å². The Morgan fingerprint density at radius 2 is 0.915 bits per heavy atom. The van der Waals surface area contributed by atoms with Crippen LogP contribution in [0.5, 0.6) is 0 Å².